The summed E-state index contributed by atoms with van der Waals surface area (Å²) >= 11 is 0. The van der Waals surface area contributed by atoms with Crippen LogP contribution in [0.15, 0.2) is 30.3 Å². The fraction of sp³-hybridized carbons (Fsp3) is 0.636. The van der Waals surface area contributed by atoms with E-state index in [1.54, 1.807) is 7.11 Å². The number of hydrogen-bond acceptors (Lipinski definition) is 4. The van der Waals surface area contributed by atoms with Gasteiger partial charge >= 0.3 is 0 Å². The van der Waals surface area contributed by atoms with Crippen LogP contribution in [0.5, 0.6) is 0 Å². The number of carbonyl (C=O) groups excluding carboxylic acids is 2. The number of nitrogens with one attached hydrogen (secondary N) is 2. The fourth-order valence-corrected chi connectivity index (χ4v) is 4.35. The van der Waals surface area contributed by atoms with Crippen molar-refractivity contribution in [3.05, 3.63) is 35.9 Å². The second-order valence-electron chi connectivity index (χ2n) is 8.24. The molecule has 2 heterocycles. The summed E-state index contributed by atoms with van der Waals surface area (Å²) in [6, 6.07) is 9.80. The molecule has 162 valence electrons. The van der Waals surface area contributed by atoms with Crippen LogP contribution in [-0.2, 0) is 20.7 Å². The highest BCUT2D eigenvalue weighted by Crippen LogP contribution is 2.28. The van der Waals surface area contributed by atoms with Crippen LogP contribution in [0, 0.1) is 11.3 Å². The van der Waals surface area contributed by atoms with E-state index in [9.17, 15) is 9.59 Å². The van der Waals surface area contributed by atoms with Crippen LogP contribution in [0.3, 0.4) is 0 Å². The third kappa shape index (κ3) is 6.69. The summed E-state index contributed by atoms with van der Waals surface area (Å²) < 4.78 is 5.44. The quantitative estimate of drug-likeness (QED) is 0.703. The van der Waals surface area contributed by atoms with Crippen molar-refractivity contribution in [2.45, 2.75) is 32.1 Å². The van der Waals surface area contributed by atoms with Gasteiger partial charge in [0, 0.05) is 32.2 Å². The van der Waals surface area contributed by atoms with Gasteiger partial charge in [0.1, 0.15) is 0 Å². The topological polar surface area (TPSA) is 70.7 Å². The maximum atomic E-state index is 12.8. The second kappa shape index (κ2) is 11.5. The molecule has 2 saturated heterocycles. The molecule has 1 atom stereocenters. The molecule has 0 bridgehead atoms. The lowest BCUT2D eigenvalue weighted by molar-refractivity contribution is -0.135. The molecule has 2 aliphatic rings. The van der Waals surface area contributed by atoms with Gasteiger partial charge in [0.05, 0.1) is 18.9 Å². The third-order valence-corrected chi connectivity index (χ3v) is 6.10. The predicted octanol–water partition coefficient (Wildman–Crippen LogP) is 2.02. The zero-order valence-electron chi connectivity index (χ0n) is 17.3. The van der Waals surface area contributed by atoms with Gasteiger partial charge in [-0.15, -0.1) is 12.4 Å². The maximum absolute atomic E-state index is 12.8. The molecule has 1 aromatic rings. The molecule has 7 heteroatoms. The van der Waals surface area contributed by atoms with Gasteiger partial charge in [0.2, 0.25) is 11.8 Å². The van der Waals surface area contributed by atoms with E-state index in [0.29, 0.717) is 26.1 Å². The van der Waals surface area contributed by atoms with Crippen LogP contribution < -0.4 is 10.6 Å². The van der Waals surface area contributed by atoms with Gasteiger partial charge in [-0.1, -0.05) is 30.3 Å². The molecule has 29 heavy (non-hydrogen) atoms. The Kier molecular flexibility index (Phi) is 9.40. The Hall–Kier alpha value is -1.63. The Morgan fingerprint density at radius 2 is 1.97 bits per heavy atom. The van der Waals surface area contributed by atoms with Crippen LogP contribution in [0.2, 0.25) is 0 Å². The van der Waals surface area contributed by atoms with Gasteiger partial charge in [0.25, 0.3) is 0 Å². The summed E-state index contributed by atoms with van der Waals surface area (Å²) in [7, 11) is 1.73. The molecule has 1 aromatic carbocycles. The minimum absolute atomic E-state index is 0. The highest BCUT2D eigenvalue weighted by atomic mass is 35.5. The molecule has 0 radical (unpaired) electrons. The van der Waals surface area contributed by atoms with E-state index < -0.39 is 0 Å². The van der Waals surface area contributed by atoms with Crippen molar-refractivity contribution in [1.82, 2.24) is 15.5 Å². The first-order chi connectivity index (χ1) is 13.6. The smallest absolute Gasteiger partial charge is 0.227 e. The number of amides is 2. The number of likely N-dealkylation sites (tertiary alicyclic amines) is 1. The number of ether oxygens (including phenoxy) is 1. The van der Waals surface area contributed by atoms with E-state index in [-0.39, 0.29) is 35.6 Å². The van der Waals surface area contributed by atoms with Gasteiger partial charge in [-0.05, 0) is 44.3 Å². The lowest BCUT2D eigenvalue weighted by atomic mass is 9.79. The number of piperidine rings is 2. The molecule has 2 aliphatic heterocycles. The Balaban J connectivity index is 0.00000300. The molecule has 6 nitrogen and oxygen atoms in total. The Morgan fingerprint density at radius 3 is 2.66 bits per heavy atom. The van der Waals surface area contributed by atoms with Crippen LogP contribution in [0.4, 0.5) is 0 Å². The van der Waals surface area contributed by atoms with Crippen molar-refractivity contribution in [3.8, 4) is 0 Å². The highest BCUT2D eigenvalue weighted by Gasteiger charge is 2.34. The van der Waals surface area contributed by atoms with E-state index >= 15 is 0 Å². The SMILES string of the molecule is COCC1(CNC(=O)C2CCCN(C(=O)Cc3ccccc3)C2)CCNCC1.Cl. The maximum Gasteiger partial charge on any atom is 0.227 e. The van der Waals surface area contributed by atoms with E-state index in [1.165, 1.54) is 0 Å². The summed E-state index contributed by atoms with van der Waals surface area (Å²) in [5, 5.41) is 6.55. The lowest BCUT2D eigenvalue weighted by Crippen LogP contribution is -2.50. The Labute approximate surface area is 180 Å². The van der Waals surface area contributed by atoms with Crippen molar-refractivity contribution in [2.75, 3.05) is 46.4 Å². The average Bonchev–Trinajstić information content (AvgIpc) is 2.74. The van der Waals surface area contributed by atoms with Crippen LogP contribution in [0.25, 0.3) is 0 Å². The molecule has 0 saturated carbocycles. The summed E-state index contributed by atoms with van der Waals surface area (Å²) in [6.07, 6.45) is 4.14. The zero-order valence-corrected chi connectivity index (χ0v) is 18.1. The van der Waals surface area contributed by atoms with E-state index in [4.69, 9.17) is 4.74 Å². The first kappa shape index (κ1) is 23.6. The number of rotatable bonds is 7. The van der Waals surface area contributed by atoms with E-state index in [0.717, 1.165) is 50.9 Å². The van der Waals surface area contributed by atoms with Gasteiger partial charge in [0.15, 0.2) is 0 Å². The Morgan fingerprint density at radius 1 is 1.24 bits per heavy atom. The van der Waals surface area contributed by atoms with Crippen molar-refractivity contribution in [1.29, 1.82) is 0 Å². The summed E-state index contributed by atoms with van der Waals surface area (Å²) in [5.74, 6) is 0.0684. The molecule has 1 unspecified atom stereocenters. The first-order valence-corrected chi connectivity index (χ1v) is 10.4. The summed E-state index contributed by atoms with van der Waals surface area (Å²) in [6.45, 7) is 4.51. The number of nitrogens with zero attached hydrogens (tertiary/aromatic N) is 1. The van der Waals surface area contributed by atoms with Crippen molar-refractivity contribution in [2.24, 2.45) is 11.3 Å². The number of carbonyl (C=O) groups is 2. The lowest BCUT2D eigenvalue weighted by Gasteiger charge is -2.38. The van der Waals surface area contributed by atoms with Crippen LogP contribution >= 0.6 is 12.4 Å². The number of benzene rings is 1. The minimum atomic E-state index is -0.116. The van der Waals surface area contributed by atoms with Crippen molar-refractivity contribution in [3.63, 3.8) is 0 Å². The normalized spacial score (nSPS) is 21.1. The summed E-state index contributed by atoms with van der Waals surface area (Å²) in [5.41, 5.74) is 1.04. The molecular formula is C22H34ClN3O3. The number of halogens is 1. The second-order valence-corrected chi connectivity index (χ2v) is 8.24. The largest absolute Gasteiger partial charge is 0.384 e. The highest BCUT2D eigenvalue weighted by molar-refractivity contribution is 5.85. The van der Waals surface area contributed by atoms with Gasteiger partial charge < -0.3 is 20.3 Å². The van der Waals surface area contributed by atoms with Gasteiger partial charge in [-0.3, -0.25) is 9.59 Å². The van der Waals surface area contributed by atoms with Crippen LogP contribution in [-0.4, -0.2) is 63.2 Å². The number of methoxy groups -OCH3 is 1. The standard InChI is InChI=1S/C22H33N3O3.ClH/c1-28-17-22(9-11-23-12-10-22)16-24-21(27)19-8-5-13-25(15-19)20(26)14-18-6-3-2-4-7-18;/h2-4,6-7,19,23H,5,8-17H2,1H3,(H,24,27);1H. The fourth-order valence-electron chi connectivity index (χ4n) is 4.35. The molecule has 2 amide bonds. The summed E-state index contributed by atoms with van der Waals surface area (Å²) in [4.78, 5) is 27.3. The van der Waals surface area contributed by atoms with E-state index in [2.05, 4.69) is 10.6 Å². The molecule has 2 fully saturated rings. The average molecular weight is 424 g/mol. The van der Waals surface area contributed by atoms with Gasteiger partial charge in [-0.2, -0.15) is 0 Å². The zero-order chi connectivity index (χ0) is 19.8. The molecule has 0 spiro atoms. The Bertz CT molecular complexity index is 644. The third-order valence-electron chi connectivity index (χ3n) is 6.10. The van der Waals surface area contributed by atoms with Crippen LogP contribution in [0.1, 0.15) is 31.2 Å². The molecule has 2 N–H and O–H groups in total. The molecule has 0 aromatic heterocycles. The van der Waals surface area contributed by atoms with E-state index in [1.807, 2.05) is 35.2 Å². The van der Waals surface area contributed by atoms with Crippen molar-refractivity contribution < 1.29 is 14.3 Å². The first-order valence-electron chi connectivity index (χ1n) is 10.4. The predicted molar refractivity (Wildman–Crippen MR) is 116 cm³/mol. The minimum Gasteiger partial charge on any atom is -0.384 e. The van der Waals surface area contributed by atoms with Crippen molar-refractivity contribution >= 4 is 24.2 Å². The molecule has 3 rings (SSSR count). The molecular weight excluding hydrogens is 390 g/mol. The monoisotopic (exact) mass is 423 g/mol. The number of hydrogen-bond donors (Lipinski definition) is 2. The molecule has 0 aliphatic carbocycles. The van der Waals surface area contributed by atoms with Gasteiger partial charge in [-0.25, -0.2) is 0 Å².